The van der Waals surface area contributed by atoms with E-state index in [1.165, 1.54) is 6.20 Å². The van der Waals surface area contributed by atoms with E-state index in [9.17, 15) is 25.2 Å². The van der Waals surface area contributed by atoms with Crippen LogP contribution < -0.4 is 20.4 Å². The zero-order chi connectivity index (χ0) is 38.8. The Balaban J connectivity index is 0.853. The molecule has 3 amide bonds. The maximum absolute atomic E-state index is 12.2. The van der Waals surface area contributed by atoms with Crippen molar-refractivity contribution in [2.45, 2.75) is 63.0 Å². The summed E-state index contributed by atoms with van der Waals surface area (Å²) in [5.41, 5.74) is 4.25. The molecule has 17 heteroatoms. The lowest BCUT2D eigenvalue weighted by Crippen LogP contribution is -2.49. The number of urea groups is 1. The van der Waals surface area contributed by atoms with Crippen molar-refractivity contribution < 1.29 is 14.7 Å². The summed E-state index contributed by atoms with van der Waals surface area (Å²) in [6, 6.07) is 14.9. The number of amides is 3. The molecule has 1 atom stereocenters. The molecule has 0 bridgehead atoms. The zero-order valence-electron chi connectivity index (χ0n) is 31.0. The maximum atomic E-state index is 12.2. The predicted molar refractivity (Wildman–Crippen MR) is 206 cm³/mol. The molecular weight excluding hydrogens is 713 g/mol. The number of anilines is 3. The van der Waals surface area contributed by atoms with Crippen LogP contribution in [0.4, 0.5) is 21.9 Å². The Bertz CT molecular complexity index is 2320. The number of pyridine rings is 2. The van der Waals surface area contributed by atoms with Crippen molar-refractivity contribution in [2.24, 2.45) is 0 Å². The number of fused-ring (bicyclic) bond motifs is 1. The van der Waals surface area contributed by atoms with E-state index >= 15 is 0 Å². The van der Waals surface area contributed by atoms with E-state index in [0.29, 0.717) is 66.0 Å². The molecule has 3 fully saturated rings. The number of aromatic nitrogens is 7. The molecule has 0 spiro atoms. The van der Waals surface area contributed by atoms with E-state index in [0.717, 1.165) is 62.6 Å². The van der Waals surface area contributed by atoms with Crippen molar-refractivity contribution in [3.63, 3.8) is 0 Å². The minimum Gasteiger partial charge on any atom is -0.390 e. The second-order valence-electron chi connectivity index (χ2n) is 14.8. The van der Waals surface area contributed by atoms with Crippen molar-refractivity contribution in [1.82, 2.24) is 45.0 Å². The van der Waals surface area contributed by atoms with Gasteiger partial charge in [-0.2, -0.15) is 20.3 Å². The molecule has 3 N–H and O–H groups in total. The summed E-state index contributed by atoms with van der Waals surface area (Å²) < 4.78 is 3.26. The van der Waals surface area contributed by atoms with Gasteiger partial charge >= 0.3 is 6.03 Å². The molecular formula is C39H42N14O3. The summed E-state index contributed by atoms with van der Waals surface area (Å²) in [5, 5.41) is 50.2. The molecule has 56 heavy (non-hydrogen) atoms. The molecule has 0 unspecified atom stereocenters. The van der Waals surface area contributed by atoms with E-state index in [1.807, 2.05) is 30.5 Å². The number of benzene rings is 1. The molecule has 4 aromatic heterocycles. The second kappa shape index (κ2) is 15.4. The number of rotatable bonds is 10. The fourth-order valence-corrected chi connectivity index (χ4v) is 7.80. The van der Waals surface area contributed by atoms with Crippen LogP contribution in [-0.4, -0.2) is 108 Å². The van der Waals surface area contributed by atoms with Crippen LogP contribution in [0.3, 0.4) is 0 Å². The van der Waals surface area contributed by atoms with Gasteiger partial charge in [-0.1, -0.05) is 5.21 Å². The zero-order valence-corrected chi connectivity index (χ0v) is 31.0. The topological polar surface area (TPSA) is 210 Å². The van der Waals surface area contributed by atoms with E-state index in [1.54, 1.807) is 45.7 Å². The van der Waals surface area contributed by atoms with Crippen LogP contribution in [0, 0.1) is 22.7 Å². The second-order valence-corrected chi connectivity index (χ2v) is 14.8. The third-order valence-corrected chi connectivity index (χ3v) is 11.1. The van der Waals surface area contributed by atoms with Gasteiger partial charge in [-0.25, -0.2) is 19.4 Å². The summed E-state index contributed by atoms with van der Waals surface area (Å²) >= 11 is 0. The Morgan fingerprint density at radius 2 is 1.77 bits per heavy atom. The van der Waals surface area contributed by atoms with Gasteiger partial charge < -0.3 is 15.3 Å². The Labute approximate surface area is 323 Å². The Kier molecular flexibility index (Phi) is 10.0. The summed E-state index contributed by atoms with van der Waals surface area (Å²) in [6.45, 7) is 6.53. The number of aliphatic hydroxyl groups is 1. The molecule has 0 radical (unpaired) electrons. The number of nitrogens with one attached hydrogen (secondary N) is 2. The summed E-state index contributed by atoms with van der Waals surface area (Å²) in [6.07, 6.45) is 10.7. The van der Waals surface area contributed by atoms with Gasteiger partial charge in [0.15, 0.2) is 11.5 Å². The molecule has 17 nitrogen and oxygen atoms in total. The SMILES string of the molecule is C[C@H](C#N)Nc1cc(-n2ncc3cc(C#N)cnc32)ncc1-n1cc(C2CCC(O)(CCN3CCN(c4ccc(N5CCC(=O)NC5=O)cc4)CC3)CC2)nn1. The van der Waals surface area contributed by atoms with Crippen LogP contribution in [-0.2, 0) is 4.79 Å². The fraction of sp³-hybridized carbons (Fsp3) is 0.410. The van der Waals surface area contributed by atoms with E-state index in [2.05, 4.69) is 58.0 Å². The molecule has 1 aliphatic carbocycles. The van der Waals surface area contributed by atoms with Crippen molar-refractivity contribution in [3.05, 3.63) is 72.4 Å². The Morgan fingerprint density at radius 3 is 2.50 bits per heavy atom. The highest BCUT2D eigenvalue weighted by molar-refractivity contribution is 6.05. The molecule has 3 aliphatic rings. The Morgan fingerprint density at radius 1 is 1.00 bits per heavy atom. The molecule has 5 aromatic rings. The van der Waals surface area contributed by atoms with Crippen molar-refractivity contribution >= 4 is 40.0 Å². The van der Waals surface area contributed by atoms with Crippen LogP contribution >= 0.6 is 0 Å². The van der Waals surface area contributed by atoms with Gasteiger partial charge in [0.25, 0.3) is 0 Å². The smallest absolute Gasteiger partial charge is 0.328 e. The number of hydrogen-bond donors (Lipinski definition) is 3. The summed E-state index contributed by atoms with van der Waals surface area (Å²) in [4.78, 5) is 39.1. The van der Waals surface area contributed by atoms with Gasteiger partial charge in [-0.15, -0.1) is 5.10 Å². The van der Waals surface area contributed by atoms with Crippen LogP contribution in [0.25, 0.3) is 22.5 Å². The lowest BCUT2D eigenvalue weighted by atomic mass is 9.76. The highest BCUT2D eigenvalue weighted by Gasteiger charge is 2.35. The first-order valence-electron chi connectivity index (χ1n) is 18.9. The first kappa shape index (κ1) is 36.5. The van der Waals surface area contributed by atoms with Gasteiger partial charge in [0, 0.05) is 80.6 Å². The number of piperazine rings is 1. The number of nitrogens with zero attached hydrogens (tertiary/aromatic N) is 12. The van der Waals surface area contributed by atoms with E-state index in [4.69, 9.17) is 0 Å². The third kappa shape index (κ3) is 7.59. The largest absolute Gasteiger partial charge is 0.390 e. The predicted octanol–water partition coefficient (Wildman–Crippen LogP) is 3.64. The first-order chi connectivity index (χ1) is 27.2. The fourth-order valence-electron chi connectivity index (χ4n) is 7.80. The maximum Gasteiger partial charge on any atom is 0.328 e. The van der Waals surface area contributed by atoms with Gasteiger partial charge in [0.05, 0.1) is 47.2 Å². The molecule has 2 aliphatic heterocycles. The number of imide groups is 1. The normalized spacial score (nSPS) is 21.0. The van der Waals surface area contributed by atoms with E-state index < -0.39 is 11.6 Å². The van der Waals surface area contributed by atoms with Crippen LogP contribution in [0.1, 0.15) is 62.6 Å². The van der Waals surface area contributed by atoms with E-state index in [-0.39, 0.29) is 17.9 Å². The molecule has 1 saturated carbocycles. The van der Waals surface area contributed by atoms with Crippen LogP contribution in [0.15, 0.2) is 61.2 Å². The molecule has 1 aromatic carbocycles. The summed E-state index contributed by atoms with van der Waals surface area (Å²) in [5.74, 6) is 0.403. The van der Waals surface area contributed by atoms with Crippen molar-refractivity contribution in [2.75, 3.05) is 54.4 Å². The molecule has 6 heterocycles. The summed E-state index contributed by atoms with van der Waals surface area (Å²) in [7, 11) is 0. The average molecular weight is 755 g/mol. The standard InChI is InChI=1S/C39H42N14O3/c1-26(20-40)45-32-19-35(53-37-29(23-44-53)18-27(21-41)22-43-37)42-24-34(32)52-25-33(47-48-52)28-6-9-39(56,10-7-28)11-13-49-14-16-50(17-15-49)30-2-4-31(5-3-30)51-12-8-36(54)46-38(51)55/h2-5,18-19,22-26,28,56H,6-17H2,1H3,(H,42,45)(H,46,54,55)/t26-,28?,39?/m1/s1. The highest BCUT2D eigenvalue weighted by Crippen LogP contribution is 2.39. The molecule has 286 valence electrons. The quantitative estimate of drug-likeness (QED) is 0.186. The number of carbonyl (C=O) groups excluding carboxylic acids is 2. The van der Waals surface area contributed by atoms with Gasteiger partial charge in [0.1, 0.15) is 17.8 Å². The number of hydrogen-bond acceptors (Lipinski definition) is 13. The number of carbonyl (C=O) groups is 2. The molecule has 8 rings (SSSR count). The highest BCUT2D eigenvalue weighted by atomic mass is 16.3. The third-order valence-electron chi connectivity index (χ3n) is 11.1. The molecule has 2 saturated heterocycles. The lowest BCUT2D eigenvalue weighted by molar-refractivity contribution is -0.120. The lowest BCUT2D eigenvalue weighted by Gasteiger charge is -2.40. The minimum atomic E-state index is -0.725. The van der Waals surface area contributed by atoms with Crippen molar-refractivity contribution in [3.8, 4) is 23.6 Å². The first-order valence-corrected chi connectivity index (χ1v) is 18.9. The Hall–Kier alpha value is -6.43. The minimum absolute atomic E-state index is 0.159. The van der Waals surface area contributed by atoms with Crippen molar-refractivity contribution in [1.29, 1.82) is 10.5 Å². The van der Waals surface area contributed by atoms with Crippen LogP contribution in [0.2, 0.25) is 0 Å². The number of nitriles is 2. The van der Waals surface area contributed by atoms with Gasteiger partial charge in [0.2, 0.25) is 5.91 Å². The van der Waals surface area contributed by atoms with Gasteiger partial charge in [-0.05, 0) is 69.4 Å². The average Bonchev–Trinajstić information content (AvgIpc) is 3.89. The monoisotopic (exact) mass is 754 g/mol. The van der Waals surface area contributed by atoms with Crippen LogP contribution in [0.5, 0.6) is 0 Å². The van der Waals surface area contributed by atoms with Gasteiger partial charge in [-0.3, -0.25) is 19.9 Å².